The number of likely N-dealkylation sites (N-methyl/N-ethyl adjacent to an activating group) is 1. The molecule has 0 aromatic heterocycles. The van der Waals surface area contributed by atoms with E-state index < -0.39 is 0 Å². The van der Waals surface area contributed by atoms with E-state index in [4.69, 9.17) is 4.74 Å². The maximum Gasteiger partial charge on any atom is 0.272 e. The monoisotopic (exact) mass is 665 g/mol. The molecule has 0 bridgehead atoms. The van der Waals surface area contributed by atoms with Crippen molar-refractivity contribution in [2.45, 2.75) is 118 Å². The van der Waals surface area contributed by atoms with Crippen molar-refractivity contribution >= 4 is 23.1 Å². The van der Waals surface area contributed by atoms with E-state index in [9.17, 15) is 19.7 Å². The summed E-state index contributed by atoms with van der Waals surface area (Å²) >= 11 is 0. The number of carbonyl (C=O) groups is 2. The molecule has 48 heavy (non-hydrogen) atoms. The first kappa shape index (κ1) is 39.1. The maximum atomic E-state index is 13.4. The van der Waals surface area contributed by atoms with Gasteiger partial charge in [0.05, 0.1) is 37.7 Å². The van der Waals surface area contributed by atoms with E-state index in [1.807, 2.05) is 32.9 Å². The van der Waals surface area contributed by atoms with Crippen molar-refractivity contribution < 1.29 is 23.7 Å². The number of Topliss-reactive ketones (excluding diaryl/α,β-unsaturated/α-hetero) is 1. The molecule has 3 rings (SSSR count). The third-order valence-corrected chi connectivity index (χ3v) is 10.5. The highest BCUT2D eigenvalue weighted by Gasteiger charge is 2.30. The van der Waals surface area contributed by atoms with Gasteiger partial charge in [-0.1, -0.05) is 38.7 Å². The van der Waals surface area contributed by atoms with Crippen LogP contribution in [0.25, 0.3) is 0 Å². The quantitative estimate of drug-likeness (QED) is 0.0665. The number of nitrogens with zero attached hydrogens (tertiary/aromatic N) is 3. The van der Waals surface area contributed by atoms with Crippen LogP contribution in [0, 0.1) is 37.8 Å². The first-order valence-corrected chi connectivity index (χ1v) is 18.3. The van der Waals surface area contributed by atoms with Crippen LogP contribution in [0.3, 0.4) is 0 Å². The number of anilines is 1. The Morgan fingerprint density at radius 1 is 0.958 bits per heavy atom. The van der Waals surface area contributed by atoms with Crippen molar-refractivity contribution in [3.8, 4) is 5.75 Å². The van der Waals surface area contributed by atoms with Crippen LogP contribution >= 0.6 is 0 Å². The number of quaternary nitrogens is 1. The number of aryl methyl sites for hydroxylation is 3. The normalized spacial score (nSPS) is 16.4. The number of ketones is 1. The predicted molar refractivity (Wildman–Crippen MR) is 195 cm³/mol. The lowest BCUT2D eigenvalue weighted by molar-refractivity contribution is -0.919. The Morgan fingerprint density at radius 3 is 2.25 bits per heavy atom. The van der Waals surface area contributed by atoms with Crippen LogP contribution in [0.15, 0.2) is 24.3 Å². The molecule has 1 amide bonds. The fourth-order valence-electron chi connectivity index (χ4n) is 7.62. The van der Waals surface area contributed by atoms with Gasteiger partial charge in [-0.25, -0.2) is 0 Å². The Hall–Kier alpha value is -3.30. The molecule has 1 fully saturated rings. The van der Waals surface area contributed by atoms with Gasteiger partial charge in [-0.3, -0.25) is 24.6 Å². The minimum absolute atomic E-state index is 0.0781. The van der Waals surface area contributed by atoms with Gasteiger partial charge in [-0.2, -0.15) is 0 Å². The zero-order valence-corrected chi connectivity index (χ0v) is 30.8. The molecular formula is C39H61N4O5+. The predicted octanol–water partition coefficient (Wildman–Crippen LogP) is 8.03. The van der Waals surface area contributed by atoms with Crippen molar-refractivity contribution in [3.63, 3.8) is 0 Å². The third-order valence-electron chi connectivity index (χ3n) is 10.5. The molecule has 0 spiro atoms. The van der Waals surface area contributed by atoms with E-state index in [1.165, 1.54) is 18.9 Å². The summed E-state index contributed by atoms with van der Waals surface area (Å²) in [6, 6.07) is 7.16. The van der Waals surface area contributed by atoms with Crippen LogP contribution in [-0.4, -0.2) is 78.4 Å². The van der Waals surface area contributed by atoms with E-state index in [-0.39, 0.29) is 34.8 Å². The molecule has 1 aliphatic rings. The maximum absolute atomic E-state index is 13.4. The number of amides is 1. The number of hydrogen-bond donors (Lipinski definition) is 1. The number of nitro groups is 1. The van der Waals surface area contributed by atoms with Crippen LogP contribution < -0.4 is 10.1 Å². The van der Waals surface area contributed by atoms with Crippen LogP contribution in [-0.2, 0) is 16.0 Å². The second-order valence-electron chi connectivity index (χ2n) is 14.0. The molecule has 2 unspecified atom stereocenters. The number of rotatable bonds is 20. The minimum Gasteiger partial charge on any atom is -0.497 e. The molecule has 266 valence electrons. The zero-order chi connectivity index (χ0) is 35.3. The van der Waals surface area contributed by atoms with Crippen LogP contribution in [0.4, 0.5) is 11.4 Å². The van der Waals surface area contributed by atoms with E-state index in [2.05, 4.69) is 24.1 Å². The van der Waals surface area contributed by atoms with E-state index in [0.29, 0.717) is 12.1 Å². The number of piperidine rings is 1. The minimum atomic E-state index is -0.359. The van der Waals surface area contributed by atoms with Crippen molar-refractivity contribution in [2.24, 2.45) is 0 Å². The van der Waals surface area contributed by atoms with Gasteiger partial charge >= 0.3 is 0 Å². The third kappa shape index (κ3) is 10.9. The highest BCUT2D eigenvalue weighted by atomic mass is 16.6. The Balaban J connectivity index is 1.43. The average Bonchev–Trinajstić information content (AvgIpc) is 3.05. The van der Waals surface area contributed by atoms with E-state index >= 15 is 0 Å². The Labute approximate surface area is 289 Å². The fraction of sp³-hybridized carbons (Fsp3) is 0.641. The molecule has 0 radical (unpaired) electrons. The molecule has 1 aliphatic heterocycles. The molecule has 1 N–H and O–H groups in total. The van der Waals surface area contributed by atoms with Crippen molar-refractivity contribution in [1.29, 1.82) is 0 Å². The summed E-state index contributed by atoms with van der Waals surface area (Å²) in [5.41, 5.74) is 5.37. The molecule has 0 aliphatic carbocycles. The van der Waals surface area contributed by atoms with Gasteiger partial charge in [-0.05, 0) is 121 Å². The molecule has 1 heterocycles. The number of unbranched alkanes of at least 4 members (excludes halogenated alkanes) is 5. The number of hydrogen-bond acceptors (Lipinski definition) is 6. The smallest absolute Gasteiger partial charge is 0.272 e. The SMILES string of the molecule is CCC[N+](CC)(CCCCCCCCN1CCCCC1C(=O)Nc1c(C)cc(OC)cc1C)CC(=O)Cc1c(C)ccc([N+](=O)[O-])c1C. The first-order chi connectivity index (χ1) is 22.9. The lowest BCUT2D eigenvalue weighted by Crippen LogP contribution is -2.52. The number of methoxy groups -OCH3 is 1. The number of ether oxygens (including phenoxy) is 1. The summed E-state index contributed by atoms with van der Waals surface area (Å²) in [5, 5.41) is 14.7. The fourth-order valence-corrected chi connectivity index (χ4v) is 7.62. The average molecular weight is 666 g/mol. The van der Waals surface area contributed by atoms with Crippen LogP contribution in [0.1, 0.15) is 106 Å². The standard InChI is InChI=1S/C39H60N4O5/c1-8-23-43(9-2,28-33(44)27-35-29(3)19-20-36(32(35)6)42(46)47)24-17-13-11-10-12-15-21-41-22-16-14-18-37(41)39(45)40-38-30(4)25-34(48-7)26-31(38)5/h19-20,25-26,37H,8-18,21-24,27-28H2,1-7H3/p+1. The number of carbonyl (C=O) groups excluding carboxylic acids is 2. The van der Waals surface area contributed by atoms with Gasteiger partial charge < -0.3 is 14.5 Å². The molecule has 2 atom stereocenters. The summed E-state index contributed by atoms with van der Waals surface area (Å²) in [4.78, 5) is 40.3. The first-order valence-electron chi connectivity index (χ1n) is 18.3. The summed E-state index contributed by atoms with van der Waals surface area (Å²) < 4.78 is 6.17. The number of benzene rings is 2. The van der Waals surface area contributed by atoms with Gasteiger partial charge in [0, 0.05) is 23.7 Å². The van der Waals surface area contributed by atoms with E-state index in [1.54, 1.807) is 20.1 Å². The molecule has 1 saturated heterocycles. The lowest BCUT2D eigenvalue weighted by atomic mass is 9.96. The van der Waals surface area contributed by atoms with Crippen LogP contribution in [0.2, 0.25) is 0 Å². The van der Waals surface area contributed by atoms with Crippen molar-refractivity contribution in [3.05, 3.63) is 62.2 Å². The second kappa shape index (κ2) is 19.0. The highest BCUT2D eigenvalue weighted by molar-refractivity contribution is 5.96. The zero-order valence-electron chi connectivity index (χ0n) is 30.8. The molecule has 2 aromatic rings. The number of likely N-dealkylation sites (tertiary alicyclic amines) is 1. The largest absolute Gasteiger partial charge is 0.497 e. The van der Waals surface area contributed by atoms with Gasteiger partial charge in [0.1, 0.15) is 12.3 Å². The van der Waals surface area contributed by atoms with E-state index in [0.717, 1.165) is 122 Å². The van der Waals surface area contributed by atoms with Gasteiger partial charge in [0.25, 0.3) is 5.69 Å². The second-order valence-corrected chi connectivity index (χ2v) is 14.0. The summed E-state index contributed by atoms with van der Waals surface area (Å²) in [6.45, 7) is 17.4. The summed E-state index contributed by atoms with van der Waals surface area (Å²) in [5.74, 6) is 1.07. The van der Waals surface area contributed by atoms with Gasteiger partial charge in [0.2, 0.25) is 5.91 Å². The number of nitrogens with one attached hydrogen (secondary N) is 1. The van der Waals surface area contributed by atoms with Crippen molar-refractivity contribution in [2.75, 3.05) is 51.7 Å². The van der Waals surface area contributed by atoms with Gasteiger partial charge in [0.15, 0.2) is 5.78 Å². The molecular weight excluding hydrogens is 604 g/mol. The summed E-state index contributed by atoms with van der Waals surface area (Å²) in [6.07, 6.45) is 11.3. The number of nitro benzene ring substituents is 1. The lowest BCUT2D eigenvalue weighted by Gasteiger charge is -2.37. The molecule has 2 aromatic carbocycles. The highest BCUT2D eigenvalue weighted by Crippen LogP contribution is 2.28. The van der Waals surface area contributed by atoms with Crippen molar-refractivity contribution in [1.82, 2.24) is 4.90 Å². The Morgan fingerprint density at radius 2 is 1.62 bits per heavy atom. The molecule has 9 nitrogen and oxygen atoms in total. The topological polar surface area (TPSA) is 102 Å². The Kier molecular flexibility index (Phi) is 15.5. The Bertz CT molecular complexity index is 1370. The van der Waals surface area contributed by atoms with Crippen LogP contribution in [0.5, 0.6) is 5.75 Å². The molecule has 0 saturated carbocycles. The molecule has 9 heteroatoms. The van der Waals surface area contributed by atoms with Gasteiger partial charge in [-0.15, -0.1) is 0 Å². The summed E-state index contributed by atoms with van der Waals surface area (Å²) in [7, 11) is 1.66.